The molecule has 200 valence electrons. The van der Waals surface area contributed by atoms with Crippen molar-refractivity contribution in [2.75, 3.05) is 29.9 Å². The highest BCUT2D eigenvalue weighted by molar-refractivity contribution is 7.07. The van der Waals surface area contributed by atoms with Gasteiger partial charge in [0, 0.05) is 41.4 Å². The van der Waals surface area contributed by atoms with Crippen LogP contribution in [0.3, 0.4) is 0 Å². The van der Waals surface area contributed by atoms with E-state index < -0.39 is 0 Å². The summed E-state index contributed by atoms with van der Waals surface area (Å²) in [5.41, 5.74) is 6.91. The number of rotatable bonds is 7. The normalized spacial score (nSPS) is 13.3. The molecule has 0 radical (unpaired) electrons. The Balaban J connectivity index is 1.60. The highest BCUT2D eigenvalue weighted by atomic mass is 32.1. The summed E-state index contributed by atoms with van der Waals surface area (Å²) in [6.07, 6.45) is 1.64. The van der Waals surface area contributed by atoms with Crippen LogP contribution in [0.5, 0.6) is 11.5 Å². The van der Waals surface area contributed by atoms with Crippen LogP contribution < -0.4 is 19.8 Å². The summed E-state index contributed by atoms with van der Waals surface area (Å²) >= 11 is 1.46. The van der Waals surface area contributed by atoms with Crippen LogP contribution in [0.4, 0.5) is 17.1 Å². The number of phenolic OH excluding ortho intramolecular Hbond substituents is 1. The van der Waals surface area contributed by atoms with Crippen molar-refractivity contribution in [1.29, 1.82) is 0 Å². The number of hydrogen-bond acceptors (Lipinski definition) is 7. The van der Waals surface area contributed by atoms with E-state index in [1.165, 1.54) is 16.9 Å². The number of fused-ring (bicyclic) bond motifs is 1. The molecule has 3 aromatic carbocycles. The molecule has 1 aliphatic rings. The molecule has 0 saturated carbocycles. The van der Waals surface area contributed by atoms with Gasteiger partial charge in [-0.1, -0.05) is 17.7 Å². The van der Waals surface area contributed by atoms with Gasteiger partial charge in [0.25, 0.3) is 5.91 Å². The van der Waals surface area contributed by atoms with Crippen molar-refractivity contribution >= 4 is 40.5 Å². The molecule has 0 spiro atoms. The minimum atomic E-state index is -0.190. The highest BCUT2D eigenvalue weighted by Crippen LogP contribution is 2.33. The molecule has 0 fully saturated rings. The van der Waals surface area contributed by atoms with Gasteiger partial charge in [-0.05, 0) is 69.7 Å². The van der Waals surface area contributed by atoms with E-state index in [4.69, 9.17) is 14.8 Å². The average molecular weight is 542 g/mol. The number of ether oxygens (including phenoxy) is 1. The molecule has 1 aromatic heterocycles. The van der Waals surface area contributed by atoms with Gasteiger partial charge in [0.1, 0.15) is 11.5 Å². The first kappa shape index (κ1) is 26.2. The van der Waals surface area contributed by atoms with Crippen molar-refractivity contribution in [3.8, 4) is 22.8 Å². The van der Waals surface area contributed by atoms with E-state index in [0.29, 0.717) is 21.8 Å². The van der Waals surface area contributed by atoms with Gasteiger partial charge in [-0.25, -0.2) is 9.67 Å². The van der Waals surface area contributed by atoms with E-state index in [2.05, 4.69) is 37.1 Å². The molecule has 0 bridgehead atoms. The Labute approximate surface area is 231 Å². The van der Waals surface area contributed by atoms with Crippen molar-refractivity contribution in [3.05, 3.63) is 81.5 Å². The smallest absolute Gasteiger partial charge is 0.262 e. The van der Waals surface area contributed by atoms with Crippen molar-refractivity contribution in [2.24, 2.45) is 10.1 Å². The fraction of sp³-hybridized carbons (Fsp3) is 0.233. The summed E-state index contributed by atoms with van der Waals surface area (Å²) in [7, 11) is 0. The molecule has 4 aromatic rings. The summed E-state index contributed by atoms with van der Waals surface area (Å²) in [6, 6.07) is 17.4. The second-order valence-electron chi connectivity index (χ2n) is 9.32. The molecule has 39 heavy (non-hydrogen) atoms. The Morgan fingerprint density at radius 2 is 1.92 bits per heavy atom. The topological polar surface area (TPSA) is 91.5 Å². The van der Waals surface area contributed by atoms with E-state index in [9.17, 15) is 9.90 Å². The lowest BCUT2D eigenvalue weighted by molar-refractivity contribution is -0.118. The van der Waals surface area contributed by atoms with Gasteiger partial charge in [-0.3, -0.25) is 4.79 Å². The quantitative estimate of drug-likeness (QED) is 0.288. The number of hydrogen-bond donors (Lipinski definition) is 2. The molecule has 0 aliphatic carbocycles. The SMILES string of the molecule is CCN(CC)c1ccc(C=Nn2c(-c3ccc4c(c3)NC(=O)CO4)csc2=Nc2ccc(C)cc2C)c(O)c1. The molecule has 2 heterocycles. The zero-order chi connectivity index (χ0) is 27.5. The van der Waals surface area contributed by atoms with E-state index in [1.54, 1.807) is 17.0 Å². The number of thiazole rings is 1. The lowest BCUT2D eigenvalue weighted by atomic mass is 10.1. The third-order valence-electron chi connectivity index (χ3n) is 6.62. The molecular formula is C30H31N5O3S. The molecule has 1 amide bonds. The predicted octanol–water partition coefficient (Wildman–Crippen LogP) is 5.83. The highest BCUT2D eigenvalue weighted by Gasteiger charge is 2.18. The van der Waals surface area contributed by atoms with E-state index in [0.717, 1.165) is 41.3 Å². The number of anilines is 2. The Hall–Kier alpha value is -4.37. The number of aromatic nitrogens is 1. The number of aromatic hydroxyl groups is 1. The summed E-state index contributed by atoms with van der Waals surface area (Å²) in [5, 5.41) is 20.4. The van der Waals surface area contributed by atoms with Crippen LogP contribution >= 0.6 is 11.3 Å². The number of benzene rings is 3. The minimum absolute atomic E-state index is 0.00454. The zero-order valence-corrected chi connectivity index (χ0v) is 23.2. The Morgan fingerprint density at radius 1 is 1.10 bits per heavy atom. The summed E-state index contributed by atoms with van der Waals surface area (Å²) < 4.78 is 7.29. The summed E-state index contributed by atoms with van der Waals surface area (Å²) in [6.45, 7) is 9.98. The molecule has 0 atom stereocenters. The fourth-order valence-electron chi connectivity index (χ4n) is 4.51. The number of aryl methyl sites for hydroxylation is 2. The molecule has 0 saturated heterocycles. The molecule has 0 unspecified atom stereocenters. The molecule has 5 rings (SSSR count). The van der Waals surface area contributed by atoms with Crippen LogP contribution in [0.2, 0.25) is 0 Å². The van der Waals surface area contributed by atoms with Crippen LogP contribution in [-0.4, -0.2) is 41.6 Å². The van der Waals surface area contributed by atoms with Crippen molar-refractivity contribution in [2.45, 2.75) is 27.7 Å². The van der Waals surface area contributed by atoms with Crippen LogP contribution in [-0.2, 0) is 4.79 Å². The number of nitrogens with zero attached hydrogens (tertiary/aromatic N) is 4. The molecule has 1 aliphatic heterocycles. The minimum Gasteiger partial charge on any atom is -0.507 e. The largest absolute Gasteiger partial charge is 0.507 e. The second kappa shape index (κ2) is 11.2. The van der Waals surface area contributed by atoms with E-state index in [-0.39, 0.29) is 18.3 Å². The molecule has 8 nitrogen and oxygen atoms in total. The van der Waals surface area contributed by atoms with Gasteiger partial charge in [0.15, 0.2) is 6.61 Å². The summed E-state index contributed by atoms with van der Waals surface area (Å²) in [4.78, 5) is 19.7. The van der Waals surface area contributed by atoms with Crippen LogP contribution in [0, 0.1) is 13.8 Å². The number of carbonyl (C=O) groups excluding carboxylic acids is 1. The molecule has 2 N–H and O–H groups in total. The van der Waals surface area contributed by atoms with Crippen molar-refractivity contribution in [3.63, 3.8) is 0 Å². The van der Waals surface area contributed by atoms with Gasteiger partial charge >= 0.3 is 0 Å². The number of phenols is 1. The lowest BCUT2D eigenvalue weighted by Crippen LogP contribution is -2.25. The fourth-order valence-corrected chi connectivity index (χ4v) is 5.36. The third-order valence-corrected chi connectivity index (χ3v) is 7.43. The first-order valence-electron chi connectivity index (χ1n) is 12.9. The monoisotopic (exact) mass is 541 g/mol. The van der Waals surface area contributed by atoms with Crippen molar-refractivity contribution in [1.82, 2.24) is 4.68 Å². The molecule has 9 heteroatoms. The van der Waals surface area contributed by atoms with Gasteiger partial charge < -0.3 is 20.1 Å². The van der Waals surface area contributed by atoms with Gasteiger partial charge in [0.05, 0.1) is 23.3 Å². The van der Waals surface area contributed by atoms with Crippen molar-refractivity contribution < 1.29 is 14.6 Å². The van der Waals surface area contributed by atoms with Crippen LogP contribution in [0.1, 0.15) is 30.5 Å². The number of nitrogens with one attached hydrogen (secondary N) is 1. The van der Waals surface area contributed by atoms with Crippen LogP contribution in [0.25, 0.3) is 11.3 Å². The maximum absolute atomic E-state index is 11.9. The Morgan fingerprint density at radius 3 is 2.67 bits per heavy atom. The number of carbonyl (C=O) groups is 1. The second-order valence-corrected chi connectivity index (χ2v) is 10.2. The standard InChI is InChI=1S/C30H31N5O3S/c1-5-34(6-2)23-10-8-22(27(36)15-23)16-31-35-26(21-9-12-28-25(14-21)32-29(37)17-38-28)18-39-30(35)33-24-11-7-19(3)13-20(24)4/h7-16,18,36H,5-6,17H2,1-4H3,(H,32,37). The average Bonchev–Trinajstić information content (AvgIpc) is 3.32. The van der Waals surface area contributed by atoms with E-state index in [1.807, 2.05) is 54.8 Å². The zero-order valence-electron chi connectivity index (χ0n) is 22.4. The first-order chi connectivity index (χ1) is 18.9. The van der Waals surface area contributed by atoms with Gasteiger partial charge in [-0.2, -0.15) is 5.10 Å². The molecular weight excluding hydrogens is 510 g/mol. The Kier molecular flexibility index (Phi) is 7.51. The van der Waals surface area contributed by atoms with Gasteiger partial charge in [-0.15, -0.1) is 11.3 Å². The van der Waals surface area contributed by atoms with E-state index >= 15 is 0 Å². The maximum Gasteiger partial charge on any atom is 0.262 e. The third kappa shape index (κ3) is 5.58. The van der Waals surface area contributed by atoms with Crippen LogP contribution in [0.15, 0.2) is 70.1 Å². The first-order valence-corrected chi connectivity index (χ1v) is 13.8. The Bertz CT molecular complexity index is 1630. The predicted molar refractivity (Wildman–Crippen MR) is 158 cm³/mol. The number of amides is 1. The van der Waals surface area contributed by atoms with Gasteiger partial charge in [0.2, 0.25) is 4.80 Å². The lowest BCUT2D eigenvalue weighted by Gasteiger charge is -2.21. The summed E-state index contributed by atoms with van der Waals surface area (Å²) in [5.74, 6) is 0.592. The maximum atomic E-state index is 11.9.